The molecule has 2 aromatic rings. The van der Waals surface area contributed by atoms with Crippen LogP contribution in [0.5, 0.6) is 0 Å². The minimum absolute atomic E-state index is 0.358. The number of oxazole rings is 1. The average Bonchev–Trinajstić information content (AvgIpc) is 3.15. The molecule has 0 aliphatic carbocycles. The first-order chi connectivity index (χ1) is 10.6. The zero-order valence-electron chi connectivity index (χ0n) is 13.6. The molecule has 22 heavy (non-hydrogen) atoms. The second-order valence-electron chi connectivity index (χ2n) is 5.49. The van der Waals surface area contributed by atoms with E-state index >= 15 is 0 Å². The van der Waals surface area contributed by atoms with E-state index in [1.54, 1.807) is 17.6 Å². The minimum Gasteiger partial charge on any atom is -0.443 e. The fourth-order valence-corrected chi connectivity index (χ4v) is 2.41. The van der Waals surface area contributed by atoms with Gasteiger partial charge in [0.25, 0.3) is 0 Å². The molecule has 0 radical (unpaired) electrons. The molecule has 1 unspecified atom stereocenters. The van der Waals surface area contributed by atoms with Gasteiger partial charge in [-0.05, 0) is 31.2 Å². The Kier molecular flexibility index (Phi) is 6.00. The highest BCUT2D eigenvalue weighted by Gasteiger charge is 2.10. The summed E-state index contributed by atoms with van der Waals surface area (Å²) in [6.07, 6.45) is 1.67. The first-order valence-corrected chi connectivity index (χ1v) is 8.51. The fraction of sp³-hybridized carbons (Fsp3) is 0.500. The van der Waals surface area contributed by atoms with Crippen LogP contribution in [0.15, 0.2) is 33.2 Å². The van der Waals surface area contributed by atoms with E-state index in [0.717, 1.165) is 23.1 Å². The van der Waals surface area contributed by atoms with E-state index in [1.807, 2.05) is 17.5 Å². The summed E-state index contributed by atoms with van der Waals surface area (Å²) in [6, 6.07) is 4.35. The van der Waals surface area contributed by atoms with E-state index in [-0.39, 0.29) is 0 Å². The summed E-state index contributed by atoms with van der Waals surface area (Å²) >= 11 is 1.62. The smallest absolute Gasteiger partial charge is 0.236 e. The summed E-state index contributed by atoms with van der Waals surface area (Å²) in [5, 5.41) is 8.67. The van der Waals surface area contributed by atoms with Gasteiger partial charge in [-0.1, -0.05) is 19.9 Å². The van der Waals surface area contributed by atoms with E-state index in [4.69, 9.17) is 4.42 Å². The van der Waals surface area contributed by atoms with E-state index in [0.29, 0.717) is 24.4 Å². The normalized spacial score (nSPS) is 13.4. The van der Waals surface area contributed by atoms with Gasteiger partial charge in [0.15, 0.2) is 5.96 Å². The van der Waals surface area contributed by atoms with Gasteiger partial charge < -0.3 is 15.1 Å². The third-order valence-electron chi connectivity index (χ3n) is 3.39. The highest BCUT2D eigenvalue weighted by atomic mass is 32.1. The fourth-order valence-electron chi connectivity index (χ4n) is 1.76. The van der Waals surface area contributed by atoms with Crippen molar-refractivity contribution in [1.82, 2.24) is 15.6 Å². The van der Waals surface area contributed by atoms with E-state index in [9.17, 15) is 0 Å². The minimum atomic E-state index is 0.358. The third kappa shape index (κ3) is 4.59. The quantitative estimate of drug-likeness (QED) is 0.631. The summed E-state index contributed by atoms with van der Waals surface area (Å²) in [4.78, 5) is 10.1. The Morgan fingerprint density at radius 2 is 2.23 bits per heavy atom. The number of nitrogens with one attached hydrogen (secondary N) is 2. The summed E-state index contributed by atoms with van der Waals surface area (Å²) < 4.78 is 5.51. The lowest BCUT2D eigenvalue weighted by Crippen LogP contribution is -2.44. The first kappa shape index (κ1) is 16.5. The molecule has 0 aliphatic heterocycles. The number of thiophene rings is 1. The van der Waals surface area contributed by atoms with Crippen LogP contribution in [-0.4, -0.2) is 23.5 Å². The highest BCUT2D eigenvalue weighted by Crippen LogP contribution is 2.23. The number of aromatic nitrogens is 1. The average molecular weight is 320 g/mol. The predicted molar refractivity (Wildman–Crippen MR) is 92.1 cm³/mol. The van der Waals surface area contributed by atoms with Crippen LogP contribution in [-0.2, 0) is 6.54 Å². The van der Waals surface area contributed by atoms with E-state index < -0.39 is 0 Å². The van der Waals surface area contributed by atoms with Gasteiger partial charge in [-0.25, -0.2) is 9.98 Å². The van der Waals surface area contributed by atoms with Crippen molar-refractivity contribution in [3.8, 4) is 10.8 Å². The molecule has 0 saturated heterocycles. The maximum Gasteiger partial charge on any atom is 0.236 e. The Morgan fingerprint density at radius 3 is 2.86 bits per heavy atom. The lowest BCUT2D eigenvalue weighted by molar-refractivity contribution is 0.481. The van der Waals surface area contributed by atoms with Crippen LogP contribution < -0.4 is 10.6 Å². The number of nitrogens with zero attached hydrogens (tertiary/aromatic N) is 2. The molecule has 0 bridgehead atoms. The summed E-state index contributed by atoms with van der Waals surface area (Å²) in [5.74, 6) is 2.01. The molecule has 0 spiro atoms. The Balaban J connectivity index is 2.01. The molecular formula is C16H24N4OS. The lowest BCUT2D eigenvalue weighted by atomic mass is 10.1. The summed E-state index contributed by atoms with van der Waals surface area (Å²) in [5.41, 5.74) is 0.831. The SMILES string of the molecule is CCNC(=NCc1coc(-c2cccs2)n1)NC(C)C(C)C. The molecule has 2 aromatic heterocycles. The monoisotopic (exact) mass is 320 g/mol. The molecule has 0 fully saturated rings. The van der Waals surface area contributed by atoms with E-state index in [2.05, 4.69) is 48.3 Å². The Bertz CT molecular complexity index is 589. The molecule has 2 heterocycles. The second-order valence-corrected chi connectivity index (χ2v) is 6.44. The van der Waals surface area contributed by atoms with Crippen molar-refractivity contribution in [2.24, 2.45) is 10.9 Å². The Morgan fingerprint density at radius 1 is 1.41 bits per heavy atom. The molecule has 1 atom stereocenters. The van der Waals surface area contributed by atoms with Crippen molar-refractivity contribution in [2.45, 2.75) is 40.3 Å². The number of guanidine groups is 1. The van der Waals surface area contributed by atoms with Crippen LogP contribution >= 0.6 is 11.3 Å². The maximum atomic E-state index is 5.51. The predicted octanol–water partition coefficient (Wildman–Crippen LogP) is 3.50. The largest absolute Gasteiger partial charge is 0.443 e. The van der Waals surface area contributed by atoms with Gasteiger partial charge in [0.2, 0.25) is 5.89 Å². The standard InChI is InChI=1S/C16H24N4OS/c1-5-17-16(19-12(4)11(2)3)18-9-13-10-21-15(20-13)14-7-6-8-22-14/h6-8,10-12H,5,9H2,1-4H3,(H2,17,18,19). The Labute approximate surface area is 135 Å². The van der Waals surface area contributed by atoms with Crippen LogP contribution in [0.3, 0.4) is 0 Å². The van der Waals surface area contributed by atoms with Gasteiger partial charge in [-0.3, -0.25) is 0 Å². The zero-order valence-corrected chi connectivity index (χ0v) is 14.4. The first-order valence-electron chi connectivity index (χ1n) is 7.63. The van der Waals surface area contributed by atoms with Gasteiger partial charge in [0, 0.05) is 12.6 Å². The molecule has 0 aromatic carbocycles. The molecule has 0 amide bonds. The molecular weight excluding hydrogens is 296 g/mol. The van der Waals surface area contributed by atoms with Crippen molar-refractivity contribution in [2.75, 3.05) is 6.54 Å². The van der Waals surface area contributed by atoms with Crippen LogP contribution in [0.25, 0.3) is 10.8 Å². The molecule has 0 aliphatic rings. The summed E-state index contributed by atoms with van der Waals surface area (Å²) in [6.45, 7) is 9.91. The van der Waals surface area contributed by atoms with Crippen LogP contribution in [0, 0.1) is 5.92 Å². The van der Waals surface area contributed by atoms with Crippen LogP contribution in [0.4, 0.5) is 0 Å². The Hall–Kier alpha value is -1.82. The number of aliphatic imine (C=N–C) groups is 1. The number of rotatable bonds is 6. The summed E-state index contributed by atoms with van der Waals surface area (Å²) in [7, 11) is 0. The lowest BCUT2D eigenvalue weighted by Gasteiger charge is -2.20. The van der Waals surface area contributed by atoms with Crippen LogP contribution in [0.1, 0.15) is 33.4 Å². The van der Waals surface area contributed by atoms with Gasteiger partial charge in [0.05, 0.1) is 11.4 Å². The maximum absolute atomic E-state index is 5.51. The third-order valence-corrected chi connectivity index (χ3v) is 4.25. The van der Waals surface area contributed by atoms with Crippen molar-refractivity contribution in [3.63, 3.8) is 0 Å². The molecule has 0 saturated carbocycles. The molecule has 2 rings (SSSR count). The van der Waals surface area contributed by atoms with Gasteiger partial charge in [0.1, 0.15) is 12.0 Å². The van der Waals surface area contributed by atoms with Gasteiger partial charge in [-0.2, -0.15) is 0 Å². The van der Waals surface area contributed by atoms with Crippen molar-refractivity contribution < 1.29 is 4.42 Å². The zero-order chi connectivity index (χ0) is 15.9. The van der Waals surface area contributed by atoms with Crippen LogP contribution in [0.2, 0.25) is 0 Å². The van der Waals surface area contributed by atoms with Crippen molar-refractivity contribution in [3.05, 3.63) is 29.5 Å². The molecule has 120 valence electrons. The number of hydrogen-bond acceptors (Lipinski definition) is 4. The van der Waals surface area contributed by atoms with Crippen molar-refractivity contribution in [1.29, 1.82) is 0 Å². The molecule has 2 N–H and O–H groups in total. The van der Waals surface area contributed by atoms with Gasteiger partial charge >= 0.3 is 0 Å². The van der Waals surface area contributed by atoms with E-state index in [1.165, 1.54) is 0 Å². The molecule has 6 heteroatoms. The molecule has 5 nitrogen and oxygen atoms in total. The van der Waals surface area contributed by atoms with Crippen molar-refractivity contribution >= 4 is 17.3 Å². The number of hydrogen-bond donors (Lipinski definition) is 2. The second kappa shape index (κ2) is 7.98. The topological polar surface area (TPSA) is 62.5 Å². The highest BCUT2D eigenvalue weighted by molar-refractivity contribution is 7.13. The van der Waals surface area contributed by atoms with Gasteiger partial charge in [-0.15, -0.1) is 11.3 Å².